The van der Waals surface area contributed by atoms with Gasteiger partial charge >= 0.3 is 0 Å². The normalized spacial score (nSPS) is 28.8. The average Bonchev–Trinajstić information content (AvgIpc) is 2.47. The molecule has 2 amide bonds. The van der Waals surface area contributed by atoms with Crippen LogP contribution in [0.4, 0.5) is 0 Å². The maximum Gasteiger partial charge on any atom is 0.248 e. The van der Waals surface area contributed by atoms with E-state index < -0.39 is 5.54 Å². The number of amides is 2. The van der Waals surface area contributed by atoms with E-state index >= 15 is 0 Å². The second-order valence-electron chi connectivity index (χ2n) is 6.87. The number of rotatable bonds is 2. The molecule has 3 rings (SSSR count). The maximum atomic E-state index is 13.1. The highest BCUT2D eigenvalue weighted by Crippen LogP contribution is 2.36. The summed E-state index contributed by atoms with van der Waals surface area (Å²) in [4.78, 5) is 27.1. The Bertz CT molecular complexity index is 397. The van der Waals surface area contributed by atoms with Gasteiger partial charge < -0.3 is 10.2 Å². The van der Waals surface area contributed by atoms with Crippen molar-refractivity contribution in [1.82, 2.24) is 10.2 Å². The Kier molecular flexibility index (Phi) is 3.74. The molecule has 0 radical (unpaired) electrons. The van der Waals surface area contributed by atoms with E-state index in [2.05, 4.69) is 12.2 Å². The van der Waals surface area contributed by atoms with Crippen molar-refractivity contribution >= 4 is 11.8 Å². The smallest absolute Gasteiger partial charge is 0.248 e. The lowest BCUT2D eigenvalue weighted by Gasteiger charge is -2.43. The molecule has 0 aromatic heterocycles. The summed E-state index contributed by atoms with van der Waals surface area (Å²) in [5.41, 5.74) is -0.580. The van der Waals surface area contributed by atoms with Crippen LogP contribution in [0.3, 0.4) is 0 Å². The predicted molar refractivity (Wildman–Crippen MR) is 77.1 cm³/mol. The fraction of sp³-hybridized carbons (Fsp3) is 0.875. The first kappa shape index (κ1) is 13.9. The van der Waals surface area contributed by atoms with Gasteiger partial charge in [-0.1, -0.05) is 25.7 Å². The molecule has 4 heteroatoms. The van der Waals surface area contributed by atoms with Crippen LogP contribution in [0.25, 0.3) is 0 Å². The zero-order valence-corrected chi connectivity index (χ0v) is 12.5. The monoisotopic (exact) mass is 278 g/mol. The minimum atomic E-state index is -0.580. The molecule has 1 saturated heterocycles. The van der Waals surface area contributed by atoms with Crippen LogP contribution in [0.2, 0.25) is 0 Å². The number of carbonyl (C=O) groups excluding carboxylic acids is 2. The van der Waals surface area contributed by atoms with Crippen LogP contribution in [0, 0.1) is 5.92 Å². The van der Waals surface area contributed by atoms with Crippen LogP contribution in [-0.2, 0) is 9.59 Å². The Morgan fingerprint density at radius 3 is 2.45 bits per heavy atom. The third-order valence-electron chi connectivity index (χ3n) is 5.66. The minimum absolute atomic E-state index is 0.0589. The van der Waals surface area contributed by atoms with Crippen LogP contribution >= 0.6 is 0 Å². The molecule has 112 valence electrons. The molecule has 1 atom stereocenters. The number of carbonyl (C=O) groups is 2. The fourth-order valence-corrected chi connectivity index (χ4v) is 4.04. The quantitative estimate of drug-likeness (QED) is 0.842. The highest BCUT2D eigenvalue weighted by molar-refractivity contribution is 5.93. The van der Waals surface area contributed by atoms with Crippen molar-refractivity contribution in [3.05, 3.63) is 0 Å². The molecule has 20 heavy (non-hydrogen) atoms. The van der Waals surface area contributed by atoms with Gasteiger partial charge in [0, 0.05) is 19.0 Å². The Hall–Kier alpha value is -1.06. The van der Waals surface area contributed by atoms with Crippen LogP contribution in [0.15, 0.2) is 0 Å². The van der Waals surface area contributed by atoms with E-state index in [1.807, 2.05) is 4.90 Å². The van der Waals surface area contributed by atoms with Gasteiger partial charge in [-0.15, -0.1) is 0 Å². The van der Waals surface area contributed by atoms with E-state index in [1.54, 1.807) is 0 Å². The molecule has 2 saturated carbocycles. The minimum Gasteiger partial charge on any atom is -0.342 e. The lowest BCUT2D eigenvalue weighted by molar-refractivity contribution is -0.143. The topological polar surface area (TPSA) is 49.4 Å². The largest absolute Gasteiger partial charge is 0.342 e. The molecule has 3 fully saturated rings. The van der Waals surface area contributed by atoms with Gasteiger partial charge in [0.15, 0.2) is 0 Å². The van der Waals surface area contributed by atoms with Crippen LogP contribution < -0.4 is 5.32 Å². The van der Waals surface area contributed by atoms with Crippen molar-refractivity contribution in [3.8, 4) is 0 Å². The van der Waals surface area contributed by atoms with Crippen molar-refractivity contribution in [3.63, 3.8) is 0 Å². The Balaban J connectivity index is 1.82. The number of hydrogen-bond donors (Lipinski definition) is 1. The summed E-state index contributed by atoms with van der Waals surface area (Å²) < 4.78 is 0. The van der Waals surface area contributed by atoms with Gasteiger partial charge in [0.25, 0.3) is 0 Å². The predicted octanol–water partition coefficient (Wildman–Crippen LogP) is 2.23. The molecular formula is C16H26N2O2. The summed E-state index contributed by atoms with van der Waals surface area (Å²) >= 11 is 0. The van der Waals surface area contributed by atoms with Crippen molar-refractivity contribution < 1.29 is 9.59 Å². The third kappa shape index (κ3) is 2.33. The fourth-order valence-electron chi connectivity index (χ4n) is 4.04. The molecule has 1 spiro atoms. The molecular weight excluding hydrogens is 252 g/mol. The Morgan fingerprint density at radius 1 is 1.15 bits per heavy atom. The van der Waals surface area contributed by atoms with E-state index in [1.165, 1.54) is 25.7 Å². The first-order valence-corrected chi connectivity index (χ1v) is 8.24. The second-order valence-corrected chi connectivity index (χ2v) is 6.87. The molecule has 1 N–H and O–H groups in total. The molecule has 1 heterocycles. The number of nitrogens with zero attached hydrogens (tertiary/aromatic N) is 1. The third-order valence-corrected chi connectivity index (χ3v) is 5.66. The SMILES string of the molecule is CC(C1CCC1)N1CCC(=O)NC2(CCCCC2)C1=O. The van der Waals surface area contributed by atoms with Gasteiger partial charge in [0.05, 0.1) is 0 Å². The van der Waals surface area contributed by atoms with E-state index in [0.717, 1.165) is 25.7 Å². The molecule has 2 aliphatic carbocycles. The summed E-state index contributed by atoms with van der Waals surface area (Å²) in [5.74, 6) is 0.902. The summed E-state index contributed by atoms with van der Waals surface area (Å²) in [7, 11) is 0. The van der Waals surface area contributed by atoms with E-state index in [4.69, 9.17) is 0 Å². The van der Waals surface area contributed by atoms with Gasteiger partial charge in [-0.3, -0.25) is 9.59 Å². The summed E-state index contributed by atoms with van der Waals surface area (Å²) in [6.45, 7) is 2.78. The van der Waals surface area contributed by atoms with Gasteiger partial charge in [0.1, 0.15) is 5.54 Å². The highest BCUT2D eigenvalue weighted by atomic mass is 16.2. The molecule has 1 aliphatic heterocycles. The number of hydrogen-bond acceptors (Lipinski definition) is 2. The van der Waals surface area contributed by atoms with Gasteiger partial charge in [0.2, 0.25) is 11.8 Å². The first-order chi connectivity index (χ1) is 9.62. The Morgan fingerprint density at radius 2 is 1.85 bits per heavy atom. The van der Waals surface area contributed by atoms with E-state index in [-0.39, 0.29) is 11.8 Å². The molecule has 0 aromatic rings. The highest BCUT2D eigenvalue weighted by Gasteiger charge is 2.47. The van der Waals surface area contributed by atoms with Crippen molar-refractivity contribution in [1.29, 1.82) is 0 Å². The molecule has 4 nitrogen and oxygen atoms in total. The summed E-state index contributed by atoms with van der Waals surface area (Å²) in [6.07, 6.45) is 9.16. The van der Waals surface area contributed by atoms with Crippen molar-refractivity contribution in [2.75, 3.05) is 6.54 Å². The second kappa shape index (κ2) is 5.38. The van der Waals surface area contributed by atoms with Crippen molar-refractivity contribution in [2.45, 2.75) is 76.3 Å². The van der Waals surface area contributed by atoms with Gasteiger partial charge in [-0.05, 0) is 38.5 Å². The lowest BCUT2D eigenvalue weighted by atomic mass is 9.77. The molecule has 0 bridgehead atoms. The van der Waals surface area contributed by atoms with Crippen LogP contribution in [-0.4, -0.2) is 34.8 Å². The first-order valence-electron chi connectivity index (χ1n) is 8.24. The van der Waals surface area contributed by atoms with Gasteiger partial charge in [-0.2, -0.15) is 0 Å². The maximum absolute atomic E-state index is 13.1. The Labute approximate surface area is 121 Å². The molecule has 1 unspecified atom stereocenters. The standard InChI is InChI=1S/C16H26N2O2/c1-12(13-6-5-7-13)18-11-8-14(19)17-16(15(18)20)9-3-2-4-10-16/h12-13H,2-11H2,1H3,(H,17,19). The summed E-state index contributed by atoms with van der Waals surface area (Å²) in [5, 5.41) is 3.07. The lowest BCUT2D eigenvalue weighted by Crippen LogP contribution is -2.60. The average molecular weight is 278 g/mol. The van der Waals surface area contributed by atoms with E-state index in [9.17, 15) is 9.59 Å². The van der Waals surface area contributed by atoms with E-state index in [0.29, 0.717) is 24.9 Å². The van der Waals surface area contributed by atoms with Crippen LogP contribution in [0.1, 0.15) is 64.7 Å². The zero-order chi connectivity index (χ0) is 14.2. The summed E-state index contributed by atoms with van der Waals surface area (Å²) in [6, 6.07) is 0.294. The van der Waals surface area contributed by atoms with Gasteiger partial charge in [-0.25, -0.2) is 0 Å². The zero-order valence-electron chi connectivity index (χ0n) is 12.5. The molecule has 0 aromatic carbocycles. The van der Waals surface area contributed by atoms with Crippen molar-refractivity contribution in [2.24, 2.45) is 5.92 Å². The van der Waals surface area contributed by atoms with Crippen LogP contribution in [0.5, 0.6) is 0 Å². The number of nitrogens with one attached hydrogen (secondary N) is 1. The molecule has 3 aliphatic rings.